The molecule has 35 heavy (non-hydrogen) atoms. The number of rotatable bonds is 5. The van der Waals surface area contributed by atoms with Gasteiger partial charge in [-0.25, -0.2) is 14.8 Å². The molecule has 3 aromatic heterocycles. The van der Waals surface area contributed by atoms with Crippen LogP contribution in [-0.2, 0) is 0 Å². The van der Waals surface area contributed by atoms with E-state index >= 15 is 0 Å². The zero-order valence-electron chi connectivity index (χ0n) is 18.9. The number of fused-ring (bicyclic) bond motifs is 1. The van der Waals surface area contributed by atoms with Crippen LogP contribution in [0.15, 0.2) is 41.5 Å². The number of pyridine rings is 2. The fourth-order valence-electron chi connectivity index (χ4n) is 4.06. The second-order valence-corrected chi connectivity index (χ2v) is 9.67. The van der Waals surface area contributed by atoms with Crippen molar-refractivity contribution in [2.45, 2.75) is 38.9 Å². The van der Waals surface area contributed by atoms with Crippen LogP contribution >= 0.6 is 11.6 Å². The Morgan fingerprint density at radius 3 is 2.57 bits per heavy atom. The minimum atomic E-state index is -4.90. The number of hydrogen-bond acceptors (Lipinski definition) is 6. The van der Waals surface area contributed by atoms with Crippen molar-refractivity contribution in [1.82, 2.24) is 14.4 Å². The molecule has 4 heterocycles. The summed E-state index contributed by atoms with van der Waals surface area (Å²) in [4.78, 5) is 34.5. The summed E-state index contributed by atoms with van der Waals surface area (Å²) in [7, 11) is 0. The van der Waals surface area contributed by atoms with Gasteiger partial charge >= 0.3 is 12.1 Å². The molecule has 4 rings (SSSR count). The van der Waals surface area contributed by atoms with Crippen molar-refractivity contribution >= 4 is 34.9 Å². The fraction of sp³-hybridized carbons (Fsp3) is 0.391. The Bertz CT molecular complexity index is 1330. The van der Waals surface area contributed by atoms with Crippen LogP contribution < -0.4 is 15.8 Å². The number of nitrogens with one attached hydrogen (secondary N) is 1. The van der Waals surface area contributed by atoms with Gasteiger partial charge in [0.05, 0.1) is 5.02 Å². The van der Waals surface area contributed by atoms with Gasteiger partial charge in [-0.3, -0.25) is 9.20 Å². The van der Waals surface area contributed by atoms with E-state index in [2.05, 4.69) is 29.1 Å². The third-order valence-electron chi connectivity index (χ3n) is 6.14. The molecule has 0 spiro atoms. The summed E-state index contributed by atoms with van der Waals surface area (Å²) in [6.07, 6.45) is -0.841. The van der Waals surface area contributed by atoms with Gasteiger partial charge in [0.1, 0.15) is 22.8 Å². The minimum Gasteiger partial charge on any atom is -0.478 e. The van der Waals surface area contributed by atoms with Gasteiger partial charge in [-0.15, -0.1) is 0 Å². The predicted octanol–water partition coefficient (Wildman–Crippen LogP) is 4.78. The average Bonchev–Trinajstić information content (AvgIpc) is 2.77. The lowest BCUT2D eigenvalue weighted by atomic mass is 9.83. The number of carbonyl (C=O) groups is 1. The Labute approximate surface area is 203 Å². The highest BCUT2D eigenvalue weighted by atomic mass is 35.5. The van der Waals surface area contributed by atoms with E-state index in [9.17, 15) is 27.9 Å². The Hall–Kier alpha value is -3.34. The summed E-state index contributed by atoms with van der Waals surface area (Å²) in [6.45, 7) is 5.48. The highest BCUT2D eigenvalue weighted by molar-refractivity contribution is 6.30. The zero-order valence-corrected chi connectivity index (χ0v) is 19.7. The molecular weight excluding hydrogens is 487 g/mol. The van der Waals surface area contributed by atoms with Crippen molar-refractivity contribution in [2.24, 2.45) is 5.41 Å². The van der Waals surface area contributed by atoms with E-state index in [1.165, 1.54) is 24.5 Å². The maximum Gasteiger partial charge on any atom is 0.412 e. The van der Waals surface area contributed by atoms with Gasteiger partial charge in [-0.1, -0.05) is 25.4 Å². The van der Waals surface area contributed by atoms with Crippen molar-refractivity contribution < 1.29 is 23.1 Å². The van der Waals surface area contributed by atoms with Gasteiger partial charge in [0.15, 0.2) is 6.04 Å². The normalized spacial score (nSPS) is 16.8. The SMILES string of the molecule is CC1(C)CCN(c2cc(=O)n3cc(Cl)cc([C@H](Nc4ncccc4C(=O)O)C(F)(F)F)c3n2)CC1. The first kappa shape index (κ1) is 24.8. The highest BCUT2D eigenvalue weighted by Crippen LogP contribution is 2.39. The van der Waals surface area contributed by atoms with Crippen LogP contribution in [0.3, 0.4) is 0 Å². The maximum atomic E-state index is 14.3. The molecule has 1 aliphatic heterocycles. The molecule has 0 amide bonds. The lowest BCUT2D eigenvalue weighted by molar-refractivity contribution is -0.143. The van der Waals surface area contributed by atoms with Crippen molar-refractivity contribution in [3.05, 3.63) is 63.2 Å². The quantitative estimate of drug-likeness (QED) is 0.510. The summed E-state index contributed by atoms with van der Waals surface area (Å²) in [5, 5.41) is 11.5. The number of anilines is 2. The Morgan fingerprint density at radius 2 is 1.94 bits per heavy atom. The molecule has 1 saturated heterocycles. The van der Waals surface area contributed by atoms with Crippen molar-refractivity contribution in [3.63, 3.8) is 0 Å². The van der Waals surface area contributed by atoms with Gasteiger partial charge < -0.3 is 15.3 Å². The number of halogens is 4. The first-order valence-corrected chi connectivity index (χ1v) is 11.2. The fourth-order valence-corrected chi connectivity index (χ4v) is 4.28. The Morgan fingerprint density at radius 1 is 1.26 bits per heavy atom. The molecule has 8 nitrogen and oxygen atoms in total. The third-order valence-corrected chi connectivity index (χ3v) is 6.35. The molecule has 1 atom stereocenters. The molecule has 0 bridgehead atoms. The number of carboxylic acid groups (broad SMARTS) is 1. The molecule has 0 unspecified atom stereocenters. The van der Waals surface area contributed by atoms with E-state index in [1.54, 1.807) is 0 Å². The second-order valence-electron chi connectivity index (χ2n) is 9.23. The molecule has 0 radical (unpaired) electrons. The number of aromatic carboxylic acids is 1. The zero-order chi connectivity index (χ0) is 25.5. The number of hydrogen-bond donors (Lipinski definition) is 2. The predicted molar refractivity (Wildman–Crippen MR) is 125 cm³/mol. The van der Waals surface area contributed by atoms with E-state index in [0.29, 0.717) is 13.1 Å². The molecule has 12 heteroatoms. The lowest BCUT2D eigenvalue weighted by Crippen LogP contribution is -2.38. The van der Waals surface area contributed by atoms with Crippen molar-refractivity contribution in [3.8, 4) is 0 Å². The standard InChI is InChI=1S/C23H23ClF3N5O3/c1-22(2)5-8-31(9-6-22)16-11-17(33)32-12-13(24)10-15(20(32)29-16)18(23(25,26)27)30-19-14(21(34)35)4-3-7-28-19/h3-4,7,10-12,18H,5-6,8-9H2,1-2H3,(H,28,30)(H,34,35)/t18-/m0/s1. The first-order valence-electron chi connectivity index (χ1n) is 10.9. The molecule has 3 aromatic rings. The van der Waals surface area contributed by atoms with Gasteiger partial charge in [-0.2, -0.15) is 13.2 Å². The molecule has 1 fully saturated rings. The highest BCUT2D eigenvalue weighted by Gasteiger charge is 2.43. The summed E-state index contributed by atoms with van der Waals surface area (Å²) in [5.41, 5.74) is -1.55. The van der Waals surface area contributed by atoms with Crippen molar-refractivity contribution in [2.75, 3.05) is 23.3 Å². The third kappa shape index (κ3) is 5.19. The van der Waals surface area contributed by atoms with Crippen LogP contribution in [0.2, 0.25) is 5.02 Å². The topological polar surface area (TPSA) is 99.8 Å². The van der Waals surface area contributed by atoms with Crippen LogP contribution in [0.5, 0.6) is 0 Å². The summed E-state index contributed by atoms with van der Waals surface area (Å²) < 4.78 is 43.9. The number of alkyl halides is 3. The van der Waals surface area contributed by atoms with Gasteiger partial charge in [-0.05, 0) is 36.5 Å². The van der Waals surface area contributed by atoms with E-state index < -0.39 is 40.7 Å². The second kappa shape index (κ2) is 9.03. The summed E-state index contributed by atoms with van der Waals surface area (Å²) in [6, 6.07) is 2.36. The molecule has 0 saturated carbocycles. The lowest BCUT2D eigenvalue weighted by Gasteiger charge is -2.37. The van der Waals surface area contributed by atoms with Gasteiger partial charge in [0, 0.05) is 37.1 Å². The summed E-state index contributed by atoms with van der Waals surface area (Å²) >= 11 is 6.09. The number of nitrogens with zero attached hydrogens (tertiary/aromatic N) is 4. The van der Waals surface area contributed by atoms with Crippen LogP contribution in [-0.4, -0.2) is 44.7 Å². The van der Waals surface area contributed by atoms with E-state index in [0.717, 1.165) is 29.4 Å². The molecule has 0 aromatic carbocycles. The Balaban J connectivity index is 1.86. The Kier molecular flexibility index (Phi) is 6.39. The van der Waals surface area contributed by atoms with Gasteiger partial charge in [0.2, 0.25) is 0 Å². The largest absolute Gasteiger partial charge is 0.478 e. The number of piperidine rings is 1. The molecule has 1 aliphatic rings. The van der Waals surface area contributed by atoms with Crippen LogP contribution in [0.1, 0.15) is 48.7 Å². The summed E-state index contributed by atoms with van der Waals surface area (Å²) in [5.74, 6) is -1.64. The van der Waals surface area contributed by atoms with Crippen molar-refractivity contribution in [1.29, 1.82) is 0 Å². The van der Waals surface area contributed by atoms with E-state index in [1.807, 2.05) is 4.90 Å². The molecule has 186 valence electrons. The smallest absolute Gasteiger partial charge is 0.412 e. The van der Waals surface area contributed by atoms with E-state index in [4.69, 9.17) is 11.6 Å². The number of carboxylic acids is 1. The monoisotopic (exact) mass is 509 g/mol. The minimum absolute atomic E-state index is 0.112. The molecule has 0 aliphatic carbocycles. The van der Waals surface area contributed by atoms with Crippen LogP contribution in [0.4, 0.5) is 24.8 Å². The van der Waals surface area contributed by atoms with E-state index in [-0.39, 0.29) is 21.9 Å². The number of aromatic nitrogens is 3. The average molecular weight is 510 g/mol. The first-order chi connectivity index (χ1) is 16.4. The van der Waals surface area contributed by atoms with Crippen LogP contribution in [0, 0.1) is 5.41 Å². The van der Waals surface area contributed by atoms with Crippen LogP contribution in [0.25, 0.3) is 5.65 Å². The molecule has 2 N–H and O–H groups in total. The maximum absolute atomic E-state index is 14.3. The molecular formula is C23H23ClF3N5O3. The van der Waals surface area contributed by atoms with Gasteiger partial charge in [0.25, 0.3) is 5.56 Å².